The van der Waals surface area contributed by atoms with Crippen LogP contribution in [-0.4, -0.2) is 10.7 Å². The van der Waals surface area contributed by atoms with Crippen LogP contribution in [0.4, 0.5) is 5.69 Å². The van der Waals surface area contributed by atoms with E-state index in [-0.39, 0.29) is 0 Å². The Morgan fingerprint density at radius 2 is 1.58 bits per heavy atom. The van der Waals surface area contributed by atoms with E-state index < -0.39 is 0 Å². The lowest BCUT2D eigenvalue weighted by Gasteiger charge is -2.06. The van der Waals surface area contributed by atoms with Gasteiger partial charge in [0.05, 0.1) is 22.6 Å². The third-order valence-corrected chi connectivity index (χ3v) is 4.99. The van der Waals surface area contributed by atoms with E-state index in [0.717, 1.165) is 33.6 Å². The molecule has 3 aromatic carbocycles. The molecule has 0 saturated carbocycles. The predicted octanol–water partition coefficient (Wildman–Crippen LogP) is 6.00. The predicted molar refractivity (Wildman–Crippen MR) is 108 cm³/mol. The Morgan fingerprint density at radius 1 is 0.731 bits per heavy atom. The maximum atomic E-state index is 5.04. The van der Waals surface area contributed by atoms with Crippen LogP contribution >= 0.6 is 0 Å². The molecule has 4 aromatic rings. The van der Waals surface area contributed by atoms with Gasteiger partial charge < -0.3 is 0 Å². The van der Waals surface area contributed by atoms with E-state index in [9.17, 15) is 0 Å². The summed E-state index contributed by atoms with van der Waals surface area (Å²) in [5, 5.41) is 1.16. The summed E-state index contributed by atoms with van der Waals surface area (Å²) in [5.41, 5.74) is 9.98. The number of benzene rings is 3. The summed E-state index contributed by atoms with van der Waals surface area (Å²) in [6.07, 6.45) is 0. The monoisotopic (exact) mass is 334 g/mol. The summed E-state index contributed by atoms with van der Waals surface area (Å²) in [6.45, 7) is 4.24. The normalized spacial score (nSPS) is 13.8. The van der Waals surface area contributed by atoms with Crippen molar-refractivity contribution in [3.63, 3.8) is 0 Å². The highest BCUT2D eigenvalue weighted by Gasteiger charge is 2.27. The molecule has 124 valence electrons. The van der Waals surface area contributed by atoms with E-state index in [0.29, 0.717) is 0 Å². The zero-order chi connectivity index (χ0) is 17.7. The maximum absolute atomic E-state index is 5.04. The number of pyridine rings is 1. The fourth-order valence-corrected chi connectivity index (χ4v) is 3.69. The number of aromatic nitrogens is 1. The van der Waals surface area contributed by atoms with Gasteiger partial charge in [-0.3, -0.25) is 0 Å². The van der Waals surface area contributed by atoms with Gasteiger partial charge in [0.25, 0.3) is 0 Å². The summed E-state index contributed by atoms with van der Waals surface area (Å²) in [4.78, 5) is 10.0. The molecule has 2 heteroatoms. The first-order valence-corrected chi connectivity index (χ1v) is 8.86. The molecule has 0 aliphatic heterocycles. The average molecular weight is 334 g/mol. The van der Waals surface area contributed by atoms with E-state index >= 15 is 0 Å². The summed E-state index contributed by atoms with van der Waals surface area (Å²) in [6, 6.07) is 25.3. The Balaban J connectivity index is 1.85. The van der Waals surface area contributed by atoms with Crippen LogP contribution in [0, 0.1) is 13.8 Å². The molecule has 1 aliphatic rings. The third kappa shape index (κ3) is 2.26. The van der Waals surface area contributed by atoms with Crippen molar-refractivity contribution in [1.82, 2.24) is 4.98 Å². The molecule has 5 rings (SSSR count). The van der Waals surface area contributed by atoms with Gasteiger partial charge in [-0.1, -0.05) is 54.1 Å². The van der Waals surface area contributed by atoms with Crippen LogP contribution in [0.5, 0.6) is 0 Å². The third-order valence-electron chi connectivity index (χ3n) is 4.99. The van der Waals surface area contributed by atoms with Crippen LogP contribution in [0.25, 0.3) is 22.2 Å². The van der Waals surface area contributed by atoms with Gasteiger partial charge in [0.15, 0.2) is 0 Å². The van der Waals surface area contributed by atoms with Crippen molar-refractivity contribution in [2.45, 2.75) is 13.8 Å². The van der Waals surface area contributed by atoms with Gasteiger partial charge >= 0.3 is 0 Å². The Kier molecular flexibility index (Phi) is 3.26. The first-order valence-electron chi connectivity index (χ1n) is 8.86. The van der Waals surface area contributed by atoms with E-state index in [2.05, 4.69) is 56.3 Å². The van der Waals surface area contributed by atoms with Gasteiger partial charge in [-0.05, 0) is 43.7 Å². The molecule has 1 aliphatic carbocycles. The number of para-hydroxylation sites is 2. The summed E-state index contributed by atoms with van der Waals surface area (Å²) in [5.74, 6) is 0. The molecule has 0 fully saturated rings. The molecule has 1 heterocycles. The number of aryl methyl sites for hydroxylation is 2. The second kappa shape index (κ2) is 5.63. The minimum absolute atomic E-state index is 0.965. The molecule has 0 unspecified atom stereocenters. The van der Waals surface area contributed by atoms with Crippen molar-refractivity contribution in [2.24, 2.45) is 4.99 Å². The van der Waals surface area contributed by atoms with Crippen LogP contribution < -0.4 is 0 Å². The number of rotatable bonds is 1. The lowest BCUT2D eigenvalue weighted by atomic mass is 10.0. The Hall–Kier alpha value is -3.26. The molecule has 26 heavy (non-hydrogen) atoms. The van der Waals surface area contributed by atoms with E-state index in [4.69, 9.17) is 9.98 Å². The van der Waals surface area contributed by atoms with E-state index in [1.807, 2.05) is 30.3 Å². The molecule has 0 spiro atoms. The molecule has 0 N–H and O–H groups in total. The zero-order valence-corrected chi connectivity index (χ0v) is 14.8. The first kappa shape index (κ1) is 15.0. The molecule has 2 nitrogen and oxygen atoms in total. The van der Waals surface area contributed by atoms with Crippen molar-refractivity contribution in [2.75, 3.05) is 0 Å². The quantitative estimate of drug-likeness (QED) is 0.369. The summed E-state index contributed by atoms with van der Waals surface area (Å²) < 4.78 is 0. The van der Waals surface area contributed by atoms with E-state index in [1.165, 1.54) is 22.3 Å². The SMILES string of the molecule is Cc1ccc2c(c1)C(=Nc1ccccc1)c1cc3cccc(C)c3nc1-2. The average Bonchev–Trinajstić information content (AvgIpc) is 2.94. The van der Waals surface area contributed by atoms with Gasteiger partial charge in [0, 0.05) is 22.1 Å². The molecular weight excluding hydrogens is 316 g/mol. The molecular formula is C24H18N2. The molecule has 0 saturated heterocycles. The minimum Gasteiger partial charge on any atom is -0.248 e. The van der Waals surface area contributed by atoms with E-state index in [1.54, 1.807) is 0 Å². The second-order valence-electron chi connectivity index (χ2n) is 6.88. The van der Waals surface area contributed by atoms with Crippen molar-refractivity contribution < 1.29 is 0 Å². The Morgan fingerprint density at radius 3 is 2.42 bits per heavy atom. The van der Waals surface area contributed by atoms with Gasteiger partial charge in [0.1, 0.15) is 0 Å². The number of fused-ring (bicyclic) bond motifs is 4. The van der Waals surface area contributed by atoms with Crippen LogP contribution in [0.15, 0.2) is 77.8 Å². The zero-order valence-electron chi connectivity index (χ0n) is 14.8. The highest BCUT2D eigenvalue weighted by Crippen LogP contribution is 2.39. The first-order chi connectivity index (χ1) is 12.7. The van der Waals surface area contributed by atoms with Gasteiger partial charge in [-0.15, -0.1) is 0 Å². The smallest absolute Gasteiger partial charge is 0.0810 e. The molecule has 0 radical (unpaired) electrons. The lowest BCUT2D eigenvalue weighted by Crippen LogP contribution is -1.99. The summed E-state index contributed by atoms with van der Waals surface area (Å²) >= 11 is 0. The second-order valence-corrected chi connectivity index (χ2v) is 6.88. The molecule has 1 aromatic heterocycles. The highest BCUT2D eigenvalue weighted by atomic mass is 14.8. The maximum Gasteiger partial charge on any atom is 0.0810 e. The highest BCUT2D eigenvalue weighted by molar-refractivity contribution is 6.25. The topological polar surface area (TPSA) is 25.2 Å². The number of hydrogen-bond acceptors (Lipinski definition) is 2. The van der Waals surface area contributed by atoms with Crippen LogP contribution in [-0.2, 0) is 0 Å². The largest absolute Gasteiger partial charge is 0.248 e. The summed E-state index contributed by atoms with van der Waals surface area (Å²) in [7, 11) is 0. The minimum atomic E-state index is 0.965. The Bertz CT molecular complexity index is 1190. The number of nitrogens with zero attached hydrogens (tertiary/aromatic N) is 2. The van der Waals surface area contributed by atoms with Crippen LogP contribution in [0.1, 0.15) is 22.3 Å². The van der Waals surface area contributed by atoms with Crippen LogP contribution in [0.2, 0.25) is 0 Å². The molecule has 0 bridgehead atoms. The standard InChI is InChI=1S/C24H18N2/c1-15-11-12-19-20(13-15)24(25-18-9-4-3-5-10-18)21-14-17-8-6-7-16(2)22(17)26-23(19)21/h3-14H,1-2H3. The van der Waals surface area contributed by atoms with Crippen molar-refractivity contribution in [1.29, 1.82) is 0 Å². The van der Waals surface area contributed by atoms with Crippen LogP contribution in [0.3, 0.4) is 0 Å². The van der Waals surface area contributed by atoms with Gasteiger partial charge in [0.2, 0.25) is 0 Å². The van der Waals surface area contributed by atoms with Crippen molar-refractivity contribution >= 4 is 22.3 Å². The van der Waals surface area contributed by atoms with Gasteiger partial charge in [-0.25, -0.2) is 9.98 Å². The lowest BCUT2D eigenvalue weighted by molar-refractivity contribution is 1.36. The number of hydrogen-bond donors (Lipinski definition) is 0. The van der Waals surface area contributed by atoms with Crippen molar-refractivity contribution in [3.05, 3.63) is 95.1 Å². The molecule has 0 amide bonds. The van der Waals surface area contributed by atoms with Crippen molar-refractivity contribution in [3.8, 4) is 11.3 Å². The molecule has 0 atom stereocenters. The fraction of sp³-hybridized carbons (Fsp3) is 0.0833. The fourth-order valence-electron chi connectivity index (χ4n) is 3.69. The Labute approximate surface area is 152 Å². The van der Waals surface area contributed by atoms with Gasteiger partial charge in [-0.2, -0.15) is 0 Å². The number of aliphatic imine (C=N–C) groups is 1.